The van der Waals surface area contributed by atoms with E-state index in [0.717, 1.165) is 16.7 Å². The Morgan fingerprint density at radius 3 is 2.92 bits per heavy atom. The molecule has 2 heteroatoms. The van der Waals surface area contributed by atoms with Gasteiger partial charge in [0.25, 0.3) is 0 Å². The van der Waals surface area contributed by atoms with Crippen LogP contribution in [-0.2, 0) is 12.8 Å². The number of carbonyl (C=O) groups is 1. The van der Waals surface area contributed by atoms with Crippen LogP contribution in [0.1, 0.15) is 28.4 Å². The number of carbonyl (C=O) groups excluding carboxylic acids is 1. The molecule has 0 heterocycles. The van der Waals surface area contributed by atoms with Gasteiger partial charge in [-0.2, -0.15) is 0 Å². The first kappa shape index (κ1) is 8.45. The number of hydrogen-bond acceptors (Lipinski definition) is 2. The highest BCUT2D eigenvalue weighted by atomic mass is 16.3. The molecule has 0 unspecified atom stereocenters. The molecule has 13 heavy (non-hydrogen) atoms. The van der Waals surface area contributed by atoms with E-state index in [9.17, 15) is 9.90 Å². The number of aliphatic hydroxyl groups excluding tert-OH is 1. The van der Waals surface area contributed by atoms with Crippen LogP contribution in [0.2, 0.25) is 0 Å². The molecule has 0 aromatic heterocycles. The van der Waals surface area contributed by atoms with Gasteiger partial charge in [0.05, 0.1) is 6.10 Å². The van der Waals surface area contributed by atoms with Gasteiger partial charge in [0, 0.05) is 5.56 Å². The zero-order chi connectivity index (χ0) is 9.42. The lowest BCUT2D eigenvalue weighted by Crippen LogP contribution is -2.05. The third-order valence-electron chi connectivity index (χ3n) is 2.55. The molecule has 0 saturated heterocycles. The van der Waals surface area contributed by atoms with Gasteiger partial charge in [-0.15, -0.1) is 0 Å². The van der Waals surface area contributed by atoms with Crippen LogP contribution in [-0.4, -0.2) is 17.0 Å². The first-order chi connectivity index (χ1) is 6.18. The van der Waals surface area contributed by atoms with E-state index in [1.165, 1.54) is 0 Å². The van der Waals surface area contributed by atoms with Crippen molar-refractivity contribution in [1.29, 1.82) is 0 Å². The van der Waals surface area contributed by atoms with Crippen molar-refractivity contribution in [3.8, 4) is 0 Å². The molecular formula is C11H12O2. The lowest BCUT2D eigenvalue weighted by Gasteiger charge is -2.03. The van der Waals surface area contributed by atoms with Gasteiger partial charge in [-0.1, -0.05) is 18.2 Å². The average molecular weight is 176 g/mol. The molecule has 0 saturated carbocycles. The van der Waals surface area contributed by atoms with Crippen LogP contribution < -0.4 is 0 Å². The summed E-state index contributed by atoms with van der Waals surface area (Å²) >= 11 is 0. The van der Waals surface area contributed by atoms with E-state index in [1.807, 2.05) is 18.2 Å². The maximum atomic E-state index is 11.2. The van der Waals surface area contributed by atoms with Crippen molar-refractivity contribution in [1.82, 2.24) is 0 Å². The molecule has 1 atom stereocenters. The summed E-state index contributed by atoms with van der Waals surface area (Å²) < 4.78 is 0. The van der Waals surface area contributed by atoms with Crippen LogP contribution in [0, 0.1) is 0 Å². The van der Waals surface area contributed by atoms with Crippen molar-refractivity contribution in [2.45, 2.75) is 25.9 Å². The number of Topliss-reactive ketones (excluding diaryl/α,β-unsaturated/α-hetero) is 1. The van der Waals surface area contributed by atoms with Crippen molar-refractivity contribution < 1.29 is 9.90 Å². The summed E-state index contributed by atoms with van der Waals surface area (Å²) in [6.07, 6.45) is 1.03. The monoisotopic (exact) mass is 176 g/mol. The van der Waals surface area contributed by atoms with Gasteiger partial charge < -0.3 is 5.11 Å². The fourth-order valence-electron chi connectivity index (χ4n) is 1.96. The van der Waals surface area contributed by atoms with Crippen LogP contribution in [0.4, 0.5) is 0 Å². The molecule has 0 bridgehead atoms. The highest BCUT2D eigenvalue weighted by Gasteiger charge is 2.22. The molecular weight excluding hydrogens is 164 g/mol. The molecule has 0 spiro atoms. The zero-order valence-electron chi connectivity index (χ0n) is 7.58. The minimum absolute atomic E-state index is 0.0888. The van der Waals surface area contributed by atoms with E-state index in [-0.39, 0.29) is 11.9 Å². The van der Waals surface area contributed by atoms with Gasteiger partial charge in [0.1, 0.15) is 0 Å². The van der Waals surface area contributed by atoms with Crippen LogP contribution in [0.25, 0.3) is 0 Å². The van der Waals surface area contributed by atoms with Crippen LogP contribution in [0.5, 0.6) is 0 Å². The predicted molar refractivity (Wildman–Crippen MR) is 49.9 cm³/mol. The van der Waals surface area contributed by atoms with Gasteiger partial charge in [-0.3, -0.25) is 4.79 Å². The van der Waals surface area contributed by atoms with Crippen molar-refractivity contribution in [3.63, 3.8) is 0 Å². The van der Waals surface area contributed by atoms with Crippen molar-refractivity contribution in [2.24, 2.45) is 0 Å². The number of rotatable bonds is 1. The van der Waals surface area contributed by atoms with Crippen LogP contribution in [0.3, 0.4) is 0 Å². The topological polar surface area (TPSA) is 37.3 Å². The maximum Gasteiger partial charge on any atom is 0.160 e. The SMILES string of the molecule is CC(=O)c1cccc2c1C[C@@H](O)C2. The summed E-state index contributed by atoms with van der Waals surface area (Å²) in [4.78, 5) is 11.2. The molecule has 0 radical (unpaired) electrons. The average Bonchev–Trinajstić information content (AvgIpc) is 2.43. The number of fused-ring (bicyclic) bond motifs is 1. The first-order valence-electron chi connectivity index (χ1n) is 4.48. The molecule has 1 aromatic carbocycles. The van der Waals surface area contributed by atoms with Gasteiger partial charge in [0.15, 0.2) is 5.78 Å². The minimum Gasteiger partial charge on any atom is -0.392 e. The molecule has 2 nitrogen and oxygen atoms in total. The maximum absolute atomic E-state index is 11.2. The first-order valence-corrected chi connectivity index (χ1v) is 4.48. The van der Waals surface area contributed by atoms with Gasteiger partial charge in [0.2, 0.25) is 0 Å². The van der Waals surface area contributed by atoms with E-state index in [1.54, 1.807) is 6.92 Å². The molecule has 1 aliphatic rings. The fourth-order valence-corrected chi connectivity index (χ4v) is 1.96. The molecule has 2 rings (SSSR count). The number of ketones is 1. The van der Waals surface area contributed by atoms with E-state index in [0.29, 0.717) is 12.8 Å². The number of aliphatic hydroxyl groups is 1. The molecule has 1 aliphatic carbocycles. The Kier molecular flexibility index (Phi) is 1.93. The third kappa shape index (κ3) is 1.38. The largest absolute Gasteiger partial charge is 0.392 e. The Labute approximate surface area is 77.2 Å². The lowest BCUT2D eigenvalue weighted by molar-refractivity contribution is 0.101. The van der Waals surface area contributed by atoms with Crippen molar-refractivity contribution >= 4 is 5.78 Å². The Bertz CT molecular complexity index is 355. The summed E-state index contributed by atoms with van der Waals surface area (Å²) in [5.74, 6) is 0.0888. The quantitative estimate of drug-likeness (QED) is 0.656. The van der Waals surface area contributed by atoms with Crippen molar-refractivity contribution in [3.05, 3.63) is 34.9 Å². The van der Waals surface area contributed by atoms with Gasteiger partial charge in [-0.05, 0) is 30.9 Å². The summed E-state index contributed by atoms with van der Waals surface area (Å²) in [7, 11) is 0. The van der Waals surface area contributed by atoms with E-state index in [4.69, 9.17) is 0 Å². The smallest absolute Gasteiger partial charge is 0.160 e. The van der Waals surface area contributed by atoms with E-state index < -0.39 is 0 Å². The molecule has 0 fully saturated rings. The highest BCUT2D eigenvalue weighted by Crippen LogP contribution is 2.25. The highest BCUT2D eigenvalue weighted by molar-refractivity contribution is 5.96. The fraction of sp³-hybridized carbons (Fsp3) is 0.364. The van der Waals surface area contributed by atoms with Crippen LogP contribution in [0.15, 0.2) is 18.2 Å². The zero-order valence-corrected chi connectivity index (χ0v) is 7.58. The normalized spacial score (nSPS) is 20.0. The summed E-state index contributed by atoms with van der Waals surface area (Å²) in [6.45, 7) is 1.57. The molecule has 68 valence electrons. The number of hydrogen-bond donors (Lipinski definition) is 1. The molecule has 0 aliphatic heterocycles. The molecule has 0 amide bonds. The van der Waals surface area contributed by atoms with E-state index >= 15 is 0 Å². The van der Waals surface area contributed by atoms with Gasteiger partial charge >= 0.3 is 0 Å². The Morgan fingerprint density at radius 2 is 2.23 bits per heavy atom. The number of benzene rings is 1. The predicted octanol–water partition coefficient (Wildman–Crippen LogP) is 1.35. The third-order valence-corrected chi connectivity index (χ3v) is 2.55. The Balaban J connectivity index is 2.51. The summed E-state index contributed by atoms with van der Waals surface area (Å²) in [5, 5.41) is 9.45. The van der Waals surface area contributed by atoms with Crippen molar-refractivity contribution in [2.75, 3.05) is 0 Å². The summed E-state index contributed by atoms with van der Waals surface area (Å²) in [6, 6.07) is 5.70. The minimum atomic E-state index is -0.296. The standard InChI is InChI=1S/C11H12O2/c1-7(12)10-4-2-3-8-5-9(13)6-11(8)10/h2-4,9,13H,5-6H2,1H3/t9-/m0/s1. The molecule has 1 N–H and O–H groups in total. The second-order valence-corrected chi connectivity index (χ2v) is 3.56. The Morgan fingerprint density at radius 1 is 1.46 bits per heavy atom. The Hall–Kier alpha value is -1.15. The second kappa shape index (κ2) is 2.96. The lowest BCUT2D eigenvalue weighted by atomic mass is 10.0. The second-order valence-electron chi connectivity index (χ2n) is 3.56. The van der Waals surface area contributed by atoms with Gasteiger partial charge in [-0.25, -0.2) is 0 Å². The van der Waals surface area contributed by atoms with E-state index in [2.05, 4.69) is 0 Å². The van der Waals surface area contributed by atoms with Crippen LogP contribution >= 0.6 is 0 Å². The summed E-state index contributed by atoms with van der Waals surface area (Å²) in [5.41, 5.74) is 2.94. The molecule has 1 aromatic rings.